The Hall–Kier alpha value is -2.12. The first-order chi connectivity index (χ1) is 12.2. The van der Waals surface area contributed by atoms with Crippen molar-refractivity contribution < 1.29 is 23.9 Å². The molecule has 0 unspecified atom stereocenters. The first-order valence-electron chi connectivity index (χ1n) is 9.22. The van der Waals surface area contributed by atoms with Gasteiger partial charge in [-0.15, -0.1) is 0 Å². The molecular formula is C18H29N3O5. The van der Waals surface area contributed by atoms with E-state index in [1.165, 1.54) is 7.11 Å². The van der Waals surface area contributed by atoms with E-state index in [1.807, 2.05) is 20.8 Å². The van der Waals surface area contributed by atoms with Gasteiger partial charge in [0.2, 0.25) is 5.91 Å². The molecule has 1 aliphatic carbocycles. The summed E-state index contributed by atoms with van der Waals surface area (Å²) in [5.74, 6) is -1.23. The van der Waals surface area contributed by atoms with Gasteiger partial charge in [0.15, 0.2) is 0 Å². The second-order valence-corrected chi connectivity index (χ2v) is 7.71. The van der Waals surface area contributed by atoms with Crippen molar-refractivity contribution in [1.29, 1.82) is 0 Å². The van der Waals surface area contributed by atoms with Gasteiger partial charge in [-0.1, -0.05) is 33.6 Å². The molecule has 0 aromatic heterocycles. The number of rotatable bonds is 6. The number of imide groups is 1. The Morgan fingerprint density at radius 3 is 2.62 bits per heavy atom. The molecule has 2 N–H and O–H groups in total. The zero-order valence-electron chi connectivity index (χ0n) is 16.0. The van der Waals surface area contributed by atoms with Gasteiger partial charge in [-0.2, -0.15) is 0 Å². The van der Waals surface area contributed by atoms with E-state index < -0.39 is 36.0 Å². The topological polar surface area (TPSA) is 105 Å². The van der Waals surface area contributed by atoms with Crippen LogP contribution in [0.1, 0.15) is 52.9 Å². The van der Waals surface area contributed by atoms with Crippen molar-refractivity contribution in [2.24, 2.45) is 11.8 Å². The standard InChI is InChI=1S/C18H29N3O5/c1-11(2)9-13(15(23)26-4)19-14(22)10-21-16(24)18(20-17(21)25)8-6-5-7-12(18)3/h11-13H,5-10H2,1-4H3,(H,19,22)(H,20,25)/t12-,13-,18-/m0/s1. The third-order valence-corrected chi connectivity index (χ3v) is 5.33. The average molecular weight is 367 g/mol. The molecular weight excluding hydrogens is 338 g/mol. The highest BCUT2D eigenvalue weighted by Crippen LogP contribution is 2.38. The third-order valence-electron chi connectivity index (χ3n) is 5.33. The molecule has 0 aromatic carbocycles. The van der Waals surface area contributed by atoms with Gasteiger partial charge in [-0.3, -0.25) is 14.5 Å². The summed E-state index contributed by atoms with van der Waals surface area (Å²) in [5.41, 5.74) is -0.894. The summed E-state index contributed by atoms with van der Waals surface area (Å²) in [6, 6.07) is -1.34. The highest BCUT2D eigenvalue weighted by Gasteiger charge is 2.55. The van der Waals surface area contributed by atoms with Crippen LogP contribution in [0.3, 0.4) is 0 Å². The molecule has 26 heavy (non-hydrogen) atoms. The number of hydrogen-bond acceptors (Lipinski definition) is 5. The maximum atomic E-state index is 12.9. The lowest BCUT2D eigenvalue weighted by molar-refractivity contribution is -0.145. The summed E-state index contributed by atoms with van der Waals surface area (Å²) in [6.07, 6.45) is 3.77. The Morgan fingerprint density at radius 1 is 1.35 bits per heavy atom. The predicted octanol–water partition coefficient (Wildman–Crippen LogP) is 1.19. The van der Waals surface area contributed by atoms with Crippen LogP contribution < -0.4 is 10.6 Å². The number of methoxy groups -OCH3 is 1. The van der Waals surface area contributed by atoms with Crippen molar-refractivity contribution in [1.82, 2.24) is 15.5 Å². The average Bonchev–Trinajstić information content (AvgIpc) is 2.81. The minimum absolute atomic E-state index is 0.0320. The van der Waals surface area contributed by atoms with E-state index in [0.29, 0.717) is 12.8 Å². The van der Waals surface area contributed by atoms with Gasteiger partial charge in [0, 0.05) is 0 Å². The SMILES string of the molecule is COC(=O)[C@H](CC(C)C)NC(=O)CN1C(=O)N[C@]2(CCCC[C@@H]2C)C1=O. The van der Waals surface area contributed by atoms with Gasteiger partial charge in [0.1, 0.15) is 18.1 Å². The van der Waals surface area contributed by atoms with E-state index in [-0.39, 0.29) is 17.7 Å². The molecule has 4 amide bonds. The molecule has 1 heterocycles. The van der Waals surface area contributed by atoms with E-state index in [0.717, 1.165) is 24.2 Å². The molecule has 1 spiro atoms. The van der Waals surface area contributed by atoms with Gasteiger partial charge < -0.3 is 15.4 Å². The monoisotopic (exact) mass is 367 g/mol. The van der Waals surface area contributed by atoms with Crippen LogP contribution in [0.2, 0.25) is 0 Å². The number of hydrogen-bond donors (Lipinski definition) is 2. The molecule has 8 heteroatoms. The molecule has 2 fully saturated rings. The summed E-state index contributed by atoms with van der Waals surface area (Å²) in [4.78, 5) is 50.3. The Kier molecular flexibility index (Phi) is 6.26. The Balaban J connectivity index is 2.05. The molecule has 2 aliphatic rings. The molecule has 0 bridgehead atoms. The fourth-order valence-corrected chi connectivity index (χ4v) is 3.85. The minimum Gasteiger partial charge on any atom is -0.467 e. The second-order valence-electron chi connectivity index (χ2n) is 7.71. The van der Waals surface area contributed by atoms with Gasteiger partial charge in [0.25, 0.3) is 5.91 Å². The summed E-state index contributed by atoms with van der Waals surface area (Å²) >= 11 is 0. The number of carbonyl (C=O) groups excluding carboxylic acids is 4. The van der Waals surface area contributed by atoms with Crippen molar-refractivity contribution >= 4 is 23.8 Å². The van der Waals surface area contributed by atoms with Crippen molar-refractivity contribution in [2.45, 2.75) is 64.5 Å². The van der Waals surface area contributed by atoms with Crippen LogP contribution >= 0.6 is 0 Å². The van der Waals surface area contributed by atoms with E-state index in [2.05, 4.69) is 10.6 Å². The lowest BCUT2D eigenvalue weighted by Crippen LogP contribution is -2.54. The number of urea groups is 1. The first-order valence-corrected chi connectivity index (χ1v) is 9.22. The molecule has 0 radical (unpaired) electrons. The second kappa shape index (κ2) is 8.05. The van der Waals surface area contributed by atoms with Crippen molar-refractivity contribution in [3.05, 3.63) is 0 Å². The van der Waals surface area contributed by atoms with Crippen molar-refractivity contribution in [2.75, 3.05) is 13.7 Å². The number of carbonyl (C=O) groups is 4. The maximum absolute atomic E-state index is 12.9. The lowest BCUT2D eigenvalue weighted by atomic mass is 9.73. The van der Waals surface area contributed by atoms with Gasteiger partial charge in [-0.05, 0) is 31.1 Å². The molecule has 3 atom stereocenters. The normalized spacial score (nSPS) is 26.8. The largest absolute Gasteiger partial charge is 0.467 e. The van der Waals surface area contributed by atoms with Crippen molar-refractivity contribution in [3.63, 3.8) is 0 Å². The smallest absolute Gasteiger partial charge is 0.328 e. The molecule has 1 aliphatic heterocycles. The van der Waals surface area contributed by atoms with Crippen LogP contribution in [0, 0.1) is 11.8 Å². The minimum atomic E-state index is -0.894. The highest BCUT2D eigenvalue weighted by atomic mass is 16.5. The van der Waals surface area contributed by atoms with Crippen LogP contribution in [-0.2, 0) is 19.1 Å². The predicted molar refractivity (Wildman–Crippen MR) is 94.0 cm³/mol. The zero-order valence-corrected chi connectivity index (χ0v) is 16.0. The fraction of sp³-hybridized carbons (Fsp3) is 0.778. The Labute approximate surface area is 154 Å². The zero-order chi connectivity index (χ0) is 19.5. The van der Waals surface area contributed by atoms with Crippen LogP contribution in [0.5, 0.6) is 0 Å². The molecule has 8 nitrogen and oxygen atoms in total. The van der Waals surface area contributed by atoms with Crippen LogP contribution in [0.15, 0.2) is 0 Å². The summed E-state index contributed by atoms with van der Waals surface area (Å²) in [6.45, 7) is 5.41. The van der Waals surface area contributed by atoms with Gasteiger partial charge >= 0.3 is 12.0 Å². The molecule has 0 aromatic rings. The fourth-order valence-electron chi connectivity index (χ4n) is 3.85. The Morgan fingerprint density at radius 2 is 2.04 bits per heavy atom. The van der Waals surface area contributed by atoms with E-state index in [4.69, 9.17) is 4.74 Å². The number of amides is 4. The van der Waals surface area contributed by atoms with Gasteiger partial charge in [-0.25, -0.2) is 9.59 Å². The number of nitrogens with zero attached hydrogens (tertiary/aromatic N) is 1. The maximum Gasteiger partial charge on any atom is 0.328 e. The Bertz CT molecular complexity index is 591. The van der Waals surface area contributed by atoms with E-state index in [1.54, 1.807) is 0 Å². The lowest BCUT2D eigenvalue weighted by Gasteiger charge is -2.36. The number of esters is 1. The number of ether oxygens (including phenoxy) is 1. The summed E-state index contributed by atoms with van der Waals surface area (Å²) in [5, 5.41) is 5.39. The summed E-state index contributed by atoms with van der Waals surface area (Å²) in [7, 11) is 1.26. The summed E-state index contributed by atoms with van der Waals surface area (Å²) < 4.78 is 4.72. The molecule has 146 valence electrons. The van der Waals surface area contributed by atoms with E-state index >= 15 is 0 Å². The van der Waals surface area contributed by atoms with E-state index in [9.17, 15) is 19.2 Å². The van der Waals surface area contributed by atoms with Crippen LogP contribution in [0.4, 0.5) is 4.79 Å². The number of nitrogens with one attached hydrogen (secondary N) is 2. The molecule has 1 saturated carbocycles. The van der Waals surface area contributed by atoms with Gasteiger partial charge in [0.05, 0.1) is 7.11 Å². The first kappa shape index (κ1) is 20.2. The molecule has 2 rings (SSSR count). The van der Waals surface area contributed by atoms with Crippen molar-refractivity contribution in [3.8, 4) is 0 Å². The highest BCUT2D eigenvalue weighted by molar-refractivity contribution is 6.09. The van der Waals surface area contributed by atoms with Crippen LogP contribution in [-0.4, -0.2) is 54.0 Å². The van der Waals surface area contributed by atoms with Crippen LogP contribution in [0.25, 0.3) is 0 Å². The third kappa shape index (κ3) is 3.99. The molecule has 1 saturated heterocycles. The quantitative estimate of drug-likeness (QED) is 0.542.